The summed E-state index contributed by atoms with van der Waals surface area (Å²) in [5.41, 5.74) is 0. The molecule has 0 radical (unpaired) electrons. The van der Waals surface area contributed by atoms with Crippen LogP contribution in [0, 0.1) is 5.92 Å². The first-order chi connectivity index (χ1) is 7.63. The molecule has 1 aliphatic rings. The molecule has 0 aromatic heterocycles. The summed E-state index contributed by atoms with van der Waals surface area (Å²) in [4.78, 5) is 0. The van der Waals surface area contributed by atoms with Crippen molar-refractivity contribution in [1.29, 1.82) is 0 Å². The molecule has 0 amide bonds. The first-order valence-corrected chi connectivity index (χ1v) is 6.71. The van der Waals surface area contributed by atoms with Crippen LogP contribution in [0.4, 0.5) is 0 Å². The molecule has 0 spiro atoms. The molecule has 1 rings (SSSR count). The molecule has 96 valence electrons. The highest BCUT2D eigenvalue weighted by molar-refractivity contribution is 4.78. The van der Waals surface area contributed by atoms with Gasteiger partial charge in [0.1, 0.15) is 0 Å². The van der Waals surface area contributed by atoms with Crippen LogP contribution < -0.4 is 10.6 Å². The van der Waals surface area contributed by atoms with E-state index in [4.69, 9.17) is 4.74 Å². The van der Waals surface area contributed by atoms with Crippen molar-refractivity contribution in [1.82, 2.24) is 10.6 Å². The van der Waals surface area contributed by atoms with Crippen LogP contribution in [-0.4, -0.2) is 37.9 Å². The van der Waals surface area contributed by atoms with Crippen LogP contribution in [0.3, 0.4) is 0 Å². The summed E-state index contributed by atoms with van der Waals surface area (Å²) in [6, 6.07) is 1.11. The second-order valence-corrected chi connectivity index (χ2v) is 5.24. The van der Waals surface area contributed by atoms with Crippen molar-refractivity contribution < 1.29 is 4.74 Å². The van der Waals surface area contributed by atoms with Crippen LogP contribution in [-0.2, 0) is 4.74 Å². The Bertz CT molecular complexity index is 185. The second-order valence-electron chi connectivity index (χ2n) is 5.24. The van der Waals surface area contributed by atoms with Crippen molar-refractivity contribution >= 4 is 0 Å². The molecule has 0 bridgehead atoms. The number of hydrogen-bond acceptors (Lipinski definition) is 3. The summed E-state index contributed by atoms with van der Waals surface area (Å²) in [5.74, 6) is 0.714. The maximum atomic E-state index is 5.69. The van der Waals surface area contributed by atoms with Gasteiger partial charge in [-0.3, -0.25) is 0 Å². The van der Waals surface area contributed by atoms with Crippen LogP contribution in [0.25, 0.3) is 0 Å². The minimum Gasteiger partial charge on any atom is -0.378 e. The van der Waals surface area contributed by atoms with Gasteiger partial charge in [-0.1, -0.05) is 20.8 Å². The van der Waals surface area contributed by atoms with E-state index in [2.05, 4.69) is 38.3 Å². The average Bonchev–Trinajstić information content (AvgIpc) is 2.70. The largest absolute Gasteiger partial charge is 0.378 e. The monoisotopic (exact) mass is 228 g/mol. The third-order valence-electron chi connectivity index (χ3n) is 3.31. The fourth-order valence-electron chi connectivity index (χ4n) is 2.21. The summed E-state index contributed by atoms with van der Waals surface area (Å²) in [6.45, 7) is 11.9. The molecule has 0 aromatic carbocycles. The number of rotatable bonds is 7. The predicted molar refractivity (Wildman–Crippen MR) is 68.7 cm³/mol. The fraction of sp³-hybridized carbons (Fsp3) is 1.00. The molecule has 1 fully saturated rings. The lowest BCUT2D eigenvalue weighted by molar-refractivity contribution is 0.0867. The maximum absolute atomic E-state index is 5.69. The summed E-state index contributed by atoms with van der Waals surface area (Å²) < 4.78 is 5.69. The Morgan fingerprint density at radius 3 is 2.62 bits per heavy atom. The summed E-state index contributed by atoms with van der Waals surface area (Å²) >= 11 is 0. The maximum Gasteiger partial charge on any atom is 0.0613 e. The van der Waals surface area contributed by atoms with Crippen molar-refractivity contribution in [3.8, 4) is 0 Å². The van der Waals surface area contributed by atoms with Gasteiger partial charge in [-0.15, -0.1) is 0 Å². The molecule has 1 saturated heterocycles. The lowest BCUT2D eigenvalue weighted by Crippen LogP contribution is -2.41. The number of nitrogens with one attached hydrogen (secondary N) is 2. The van der Waals surface area contributed by atoms with Crippen LogP contribution in [0.15, 0.2) is 0 Å². The molecule has 0 saturated carbocycles. The van der Waals surface area contributed by atoms with E-state index in [-0.39, 0.29) is 0 Å². The quantitative estimate of drug-likeness (QED) is 0.697. The third-order valence-corrected chi connectivity index (χ3v) is 3.31. The molecule has 3 nitrogen and oxygen atoms in total. The van der Waals surface area contributed by atoms with E-state index in [0.29, 0.717) is 24.1 Å². The fourth-order valence-corrected chi connectivity index (χ4v) is 2.21. The Balaban J connectivity index is 2.13. The summed E-state index contributed by atoms with van der Waals surface area (Å²) in [5, 5.41) is 7.05. The minimum absolute atomic E-state index is 0.484. The Hall–Kier alpha value is -0.120. The van der Waals surface area contributed by atoms with E-state index in [0.717, 1.165) is 26.1 Å². The Labute approximate surface area is 100 Å². The van der Waals surface area contributed by atoms with E-state index in [1.54, 1.807) is 0 Å². The van der Waals surface area contributed by atoms with Crippen LogP contribution in [0.5, 0.6) is 0 Å². The van der Waals surface area contributed by atoms with Crippen molar-refractivity contribution in [3.05, 3.63) is 0 Å². The van der Waals surface area contributed by atoms with Crippen molar-refractivity contribution in [2.24, 2.45) is 5.92 Å². The normalized spacial score (nSPS) is 27.6. The third kappa shape index (κ3) is 4.81. The molecular formula is C13H28N2O. The van der Waals surface area contributed by atoms with E-state index < -0.39 is 0 Å². The van der Waals surface area contributed by atoms with Crippen LogP contribution in [0.1, 0.15) is 40.5 Å². The molecule has 1 aliphatic heterocycles. The topological polar surface area (TPSA) is 33.3 Å². The van der Waals surface area contributed by atoms with Crippen molar-refractivity contribution in [2.75, 3.05) is 19.7 Å². The number of hydrogen-bond donors (Lipinski definition) is 2. The van der Waals surface area contributed by atoms with E-state index in [1.807, 2.05) is 0 Å². The molecule has 3 heteroatoms. The highest BCUT2D eigenvalue weighted by Crippen LogP contribution is 2.22. The summed E-state index contributed by atoms with van der Waals surface area (Å²) in [6.07, 6.45) is 2.85. The molecule has 0 aliphatic carbocycles. The van der Waals surface area contributed by atoms with Gasteiger partial charge < -0.3 is 15.4 Å². The highest BCUT2D eigenvalue weighted by atomic mass is 16.5. The lowest BCUT2D eigenvalue weighted by atomic mass is 9.99. The van der Waals surface area contributed by atoms with Crippen molar-refractivity contribution in [3.63, 3.8) is 0 Å². The zero-order valence-electron chi connectivity index (χ0n) is 11.3. The Morgan fingerprint density at radius 2 is 2.00 bits per heavy atom. The molecule has 16 heavy (non-hydrogen) atoms. The SMILES string of the molecule is CCC1OCCC1CNC(C)CNC(C)C. The molecule has 3 atom stereocenters. The Kier molecular flexibility index (Phi) is 6.32. The first kappa shape index (κ1) is 13.9. The van der Waals surface area contributed by atoms with Crippen molar-refractivity contribution in [2.45, 2.75) is 58.7 Å². The number of ether oxygens (including phenoxy) is 1. The lowest BCUT2D eigenvalue weighted by Gasteiger charge is -2.21. The minimum atomic E-state index is 0.484. The smallest absolute Gasteiger partial charge is 0.0613 e. The van der Waals surface area contributed by atoms with Gasteiger partial charge in [0.15, 0.2) is 0 Å². The summed E-state index contributed by atoms with van der Waals surface area (Å²) in [7, 11) is 0. The molecule has 3 unspecified atom stereocenters. The van der Waals surface area contributed by atoms with Gasteiger partial charge in [-0.05, 0) is 25.7 Å². The van der Waals surface area contributed by atoms with Gasteiger partial charge in [-0.25, -0.2) is 0 Å². The zero-order valence-corrected chi connectivity index (χ0v) is 11.3. The molecule has 2 N–H and O–H groups in total. The van der Waals surface area contributed by atoms with E-state index >= 15 is 0 Å². The van der Waals surface area contributed by atoms with Gasteiger partial charge in [0.25, 0.3) is 0 Å². The van der Waals surface area contributed by atoms with Crippen LogP contribution >= 0.6 is 0 Å². The average molecular weight is 228 g/mol. The predicted octanol–water partition coefficient (Wildman–Crippen LogP) is 1.78. The van der Waals surface area contributed by atoms with E-state index in [1.165, 1.54) is 6.42 Å². The molecule has 1 heterocycles. The molecule has 0 aromatic rings. The second kappa shape index (κ2) is 7.25. The van der Waals surface area contributed by atoms with Gasteiger partial charge in [-0.2, -0.15) is 0 Å². The van der Waals surface area contributed by atoms with Crippen LogP contribution in [0.2, 0.25) is 0 Å². The van der Waals surface area contributed by atoms with Gasteiger partial charge in [0.2, 0.25) is 0 Å². The highest BCUT2D eigenvalue weighted by Gasteiger charge is 2.26. The zero-order chi connectivity index (χ0) is 12.0. The molecular weight excluding hydrogens is 200 g/mol. The standard InChI is InChI=1S/C13H28N2O/c1-5-13-12(6-7-16-13)9-15-11(4)8-14-10(2)3/h10-15H,5-9H2,1-4H3. The van der Waals surface area contributed by atoms with Gasteiger partial charge in [0, 0.05) is 31.8 Å². The Morgan fingerprint density at radius 1 is 1.25 bits per heavy atom. The van der Waals surface area contributed by atoms with E-state index in [9.17, 15) is 0 Å². The first-order valence-electron chi connectivity index (χ1n) is 6.71. The van der Waals surface area contributed by atoms with Gasteiger partial charge in [0.05, 0.1) is 6.10 Å². The van der Waals surface area contributed by atoms with Gasteiger partial charge >= 0.3 is 0 Å².